The molecule has 0 saturated heterocycles. The first-order valence-electron chi connectivity index (χ1n) is 10.5. The summed E-state index contributed by atoms with van der Waals surface area (Å²) >= 11 is 0. The fraction of sp³-hybridized carbons (Fsp3) is 0.320. The Morgan fingerprint density at radius 1 is 1.03 bits per heavy atom. The van der Waals surface area contributed by atoms with Crippen LogP contribution in [0.5, 0.6) is 5.75 Å². The molecule has 1 N–H and O–H groups in total. The molecule has 0 heterocycles. The lowest BCUT2D eigenvalue weighted by Crippen LogP contribution is -2.26. The fourth-order valence-electron chi connectivity index (χ4n) is 3.48. The Balaban J connectivity index is 1.69. The molecule has 3 rings (SSSR count). The minimum absolute atomic E-state index is 0.154. The van der Waals surface area contributed by atoms with Gasteiger partial charge >= 0.3 is 5.97 Å². The number of carbonyl (C=O) groups is 1. The van der Waals surface area contributed by atoms with Gasteiger partial charge in [0.15, 0.2) is 6.61 Å². The fourth-order valence-corrected chi connectivity index (χ4v) is 4.80. The number of methoxy groups -OCH3 is 1. The molecule has 0 spiro atoms. The number of rotatable bonds is 9. The number of nitrogens with one attached hydrogen (secondary N) is 1. The van der Waals surface area contributed by atoms with Crippen LogP contribution in [0.4, 0.5) is 0 Å². The van der Waals surface area contributed by atoms with E-state index in [0.717, 1.165) is 27.8 Å². The third kappa shape index (κ3) is 5.66. The second-order valence-corrected chi connectivity index (χ2v) is 9.74. The van der Waals surface area contributed by atoms with Crippen LogP contribution in [0.1, 0.15) is 36.5 Å². The number of benzene rings is 1. The average molecular weight is 456 g/mol. The topological polar surface area (TPSA) is 81.7 Å². The van der Waals surface area contributed by atoms with Crippen molar-refractivity contribution < 1.29 is 22.7 Å². The lowest BCUT2D eigenvalue weighted by Gasteiger charge is -2.09. The van der Waals surface area contributed by atoms with E-state index in [4.69, 9.17) is 4.74 Å². The van der Waals surface area contributed by atoms with Crippen LogP contribution < -0.4 is 9.46 Å². The quantitative estimate of drug-likeness (QED) is 0.487. The molecule has 2 aliphatic rings. The van der Waals surface area contributed by atoms with Crippen molar-refractivity contribution in [1.29, 1.82) is 0 Å². The molecule has 0 aromatic heterocycles. The monoisotopic (exact) mass is 455 g/mol. The van der Waals surface area contributed by atoms with Crippen LogP contribution in [0.15, 0.2) is 59.5 Å². The smallest absolute Gasteiger partial charge is 0.343 e. The molecule has 0 saturated carbocycles. The largest absolute Gasteiger partial charge is 0.482 e. The van der Waals surface area contributed by atoms with Crippen LogP contribution in [0.3, 0.4) is 0 Å². The first-order chi connectivity index (χ1) is 15.2. The van der Waals surface area contributed by atoms with E-state index >= 15 is 0 Å². The first-order valence-corrected chi connectivity index (χ1v) is 12.0. The Kier molecular flexibility index (Phi) is 7.53. The maximum absolute atomic E-state index is 13.1. The van der Waals surface area contributed by atoms with Gasteiger partial charge in [-0.2, -0.15) is 0 Å². The van der Waals surface area contributed by atoms with E-state index in [2.05, 4.69) is 23.3 Å². The molecule has 0 atom stereocenters. The van der Waals surface area contributed by atoms with Gasteiger partial charge in [-0.1, -0.05) is 44.2 Å². The minimum atomic E-state index is -3.66. The van der Waals surface area contributed by atoms with Crippen molar-refractivity contribution in [2.45, 2.75) is 38.0 Å². The minimum Gasteiger partial charge on any atom is -0.482 e. The molecule has 0 aliphatic heterocycles. The predicted molar refractivity (Wildman–Crippen MR) is 125 cm³/mol. The Bertz CT molecular complexity index is 1150. The molecule has 0 radical (unpaired) electrons. The second-order valence-electron chi connectivity index (χ2n) is 8.00. The molecule has 32 heavy (non-hydrogen) atoms. The highest BCUT2D eigenvalue weighted by molar-refractivity contribution is 7.89. The molecule has 6 nitrogen and oxygen atoms in total. The van der Waals surface area contributed by atoms with Gasteiger partial charge in [0, 0.05) is 12.1 Å². The molecular formula is C25H29NO5S. The van der Waals surface area contributed by atoms with Gasteiger partial charge in [0.25, 0.3) is 0 Å². The molecule has 0 fully saturated rings. The van der Waals surface area contributed by atoms with Crippen LogP contribution >= 0.6 is 0 Å². The summed E-state index contributed by atoms with van der Waals surface area (Å²) < 4.78 is 38.8. The van der Waals surface area contributed by atoms with Gasteiger partial charge in [-0.3, -0.25) is 0 Å². The zero-order valence-corrected chi connectivity index (χ0v) is 19.7. The van der Waals surface area contributed by atoms with Crippen molar-refractivity contribution in [2.24, 2.45) is 0 Å². The van der Waals surface area contributed by atoms with Crippen molar-refractivity contribution >= 4 is 16.0 Å². The van der Waals surface area contributed by atoms with Gasteiger partial charge in [0.05, 0.1) is 12.0 Å². The first kappa shape index (κ1) is 23.8. The normalized spacial score (nSPS) is 11.7. The van der Waals surface area contributed by atoms with Crippen molar-refractivity contribution in [3.8, 4) is 16.9 Å². The van der Waals surface area contributed by atoms with E-state index in [1.54, 1.807) is 18.2 Å². The molecule has 1 aromatic carbocycles. The summed E-state index contributed by atoms with van der Waals surface area (Å²) in [6, 6.07) is 16.9. The number of hydrogen-bond acceptors (Lipinski definition) is 5. The van der Waals surface area contributed by atoms with E-state index in [0.29, 0.717) is 23.0 Å². The zero-order chi connectivity index (χ0) is 23.3. The second kappa shape index (κ2) is 10.1. The van der Waals surface area contributed by atoms with E-state index in [1.807, 2.05) is 43.3 Å². The number of fused-ring (bicyclic) bond motifs is 1. The Morgan fingerprint density at radius 3 is 2.41 bits per heavy atom. The van der Waals surface area contributed by atoms with Crippen molar-refractivity contribution in [2.75, 3.05) is 20.3 Å². The van der Waals surface area contributed by atoms with Crippen LogP contribution in [0, 0.1) is 6.92 Å². The van der Waals surface area contributed by atoms with E-state index < -0.39 is 16.0 Å². The number of aryl methyl sites for hydroxylation is 1. The maximum atomic E-state index is 13.1. The Labute approximate surface area is 190 Å². The number of carbonyl (C=O) groups excluding carboxylic acids is 1. The molecule has 2 aliphatic carbocycles. The SMILES string of the molecule is COC(=O)COc1ccc(CCNS(=O)(=O)c2cc(C)c3cccc(C(C)C)cc2-3)cc1. The lowest BCUT2D eigenvalue weighted by atomic mass is 10.0. The van der Waals surface area contributed by atoms with Crippen LogP contribution in [-0.4, -0.2) is 34.6 Å². The molecule has 1 aromatic rings. The van der Waals surface area contributed by atoms with Gasteiger partial charge < -0.3 is 9.47 Å². The molecule has 0 amide bonds. The van der Waals surface area contributed by atoms with Crippen molar-refractivity contribution in [3.63, 3.8) is 0 Å². The van der Waals surface area contributed by atoms with Crippen LogP contribution in [-0.2, 0) is 26.0 Å². The van der Waals surface area contributed by atoms with Gasteiger partial charge in [-0.05, 0) is 65.8 Å². The van der Waals surface area contributed by atoms with Crippen molar-refractivity contribution in [3.05, 3.63) is 71.3 Å². The van der Waals surface area contributed by atoms with Crippen LogP contribution in [0.25, 0.3) is 11.1 Å². The van der Waals surface area contributed by atoms with E-state index in [9.17, 15) is 13.2 Å². The standard InChI is InChI=1S/C25H29NO5S/c1-17(2)20-6-5-7-22-18(3)14-24(23(22)15-20)32(28,29)26-13-12-19-8-10-21(11-9-19)31-16-25(27)30-4/h5-11,14-15,17,26H,12-13,16H2,1-4H3. The van der Waals surface area contributed by atoms with Gasteiger partial charge in [-0.25, -0.2) is 17.9 Å². The molecule has 170 valence electrons. The molecular weight excluding hydrogens is 426 g/mol. The predicted octanol–water partition coefficient (Wildman–Crippen LogP) is 4.30. The highest BCUT2D eigenvalue weighted by Crippen LogP contribution is 2.36. The zero-order valence-electron chi connectivity index (χ0n) is 18.8. The van der Waals surface area contributed by atoms with Gasteiger partial charge in [0.2, 0.25) is 10.0 Å². The van der Waals surface area contributed by atoms with E-state index in [1.165, 1.54) is 7.11 Å². The summed E-state index contributed by atoms with van der Waals surface area (Å²) in [4.78, 5) is 11.5. The third-order valence-electron chi connectivity index (χ3n) is 5.36. The summed E-state index contributed by atoms with van der Waals surface area (Å²) in [6.07, 6.45) is 0.527. The lowest BCUT2D eigenvalue weighted by molar-refractivity contribution is -0.142. The maximum Gasteiger partial charge on any atom is 0.343 e. The van der Waals surface area contributed by atoms with E-state index in [-0.39, 0.29) is 13.2 Å². The summed E-state index contributed by atoms with van der Waals surface area (Å²) in [7, 11) is -2.36. The summed E-state index contributed by atoms with van der Waals surface area (Å²) in [5.74, 6) is 0.393. The number of ether oxygens (including phenoxy) is 2. The molecule has 7 heteroatoms. The highest BCUT2D eigenvalue weighted by Gasteiger charge is 2.23. The summed E-state index contributed by atoms with van der Waals surface area (Å²) in [6.45, 7) is 6.23. The van der Waals surface area contributed by atoms with Gasteiger partial charge in [-0.15, -0.1) is 0 Å². The summed E-state index contributed by atoms with van der Waals surface area (Å²) in [5.41, 5.74) is 4.68. The van der Waals surface area contributed by atoms with Crippen LogP contribution in [0.2, 0.25) is 0 Å². The molecule has 0 unspecified atom stereocenters. The number of esters is 1. The Morgan fingerprint density at radius 2 is 1.75 bits per heavy atom. The average Bonchev–Trinajstić information content (AvgIpc) is 2.94. The highest BCUT2D eigenvalue weighted by atomic mass is 32.2. The van der Waals surface area contributed by atoms with Crippen molar-refractivity contribution in [1.82, 2.24) is 4.72 Å². The molecule has 0 bridgehead atoms. The number of sulfonamides is 1. The number of hydrogen-bond donors (Lipinski definition) is 1. The van der Waals surface area contributed by atoms with Gasteiger partial charge in [0.1, 0.15) is 5.75 Å². The third-order valence-corrected chi connectivity index (χ3v) is 6.86. The Hall–Kier alpha value is -2.90. The summed E-state index contributed by atoms with van der Waals surface area (Å²) in [5, 5.41) is 0.